The number of nitrogens with one attached hydrogen (secondary N) is 1. The fraction of sp³-hybridized carbons (Fsp3) is 0.600. The molecule has 0 saturated carbocycles. The van der Waals surface area contributed by atoms with E-state index in [0.29, 0.717) is 18.7 Å². The molecule has 0 aromatic heterocycles. The van der Waals surface area contributed by atoms with E-state index in [-0.39, 0.29) is 17.8 Å². The summed E-state index contributed by atoms with van der Waals surface area (Å²) in [5.74, 6) is -0.734. The van der Waals surface area contributed by atoms with Gasteiger partial charge in [0.2, 0.25) is 10.0 Å². The van der Waals surface area contributed by atoms with Crippen molar-refractivity contribution in [1.82, 2.24) is 9.62 Å². The Hall–Kier alpha value is -1.05. The summed E-state index contributed by atoms with van der Waals surface area (Å²) < 4.78 is 52.1. The van der Waals surface area contributed by atoms with Gasteiger partial charge in [0.15, 0.2) is 0 Å². The highest BCUT2D eigenvalue weighted by atomic mass is 32.2. The van der Waals surface area contributed by atoms with E-state index in [9.17, 15) is 17.2 Å². The molecule has 1 saturated heterocycles. The van der Waals surface area contributed by atoms with Gasteiger partial charge in [0.1, 0.15) is 11.6 Å². The topological polar surface area (TPSA) is 49.4 Å². The molecule has 1 fully saturated rings. The van der Waals surface area contributed by atoms with Crippen LogP contribution in [0.5, 0.6) is 0 Å². The minimum absolute atomic E-state index is 0.0898. The van der Waals surface area contributed by atoms with E-state index in [1.165, 1.54) is 6.07 Å². The number of hydrogen-bond acceptors (Lipinski definition) is 3. The maximum atomic E-state index is 14.0. The molecule has 22 heavy (non-hydrogen) atoms. The monoisotopic (exact) mass is 332 g/mol. The minimum atomic E-state index is -3.21. The number of hydrogen-bond donors (Lipinski definition) is 1. The molecule has 1 N–H and O–H groups in total. The van der Waals surface area contributed by atoms with Crippen LogP contribution in [0.3, 0.4) is 0 Å². The number of sulfonamides is 1. The third kappa shape index (κ3) is 4.72. The van der Waals surface area contributed by atoms with Gasteiger partial charge >= 0.3 is 0 Å². The van der Waals surface area contributed by atoms with Crippen LogP contribution in [0.4, 0.5) is 8.78 Å². The van der Waals surface area contributed by atoms with Crippen molar-refractivity contribution < 1.29 is 17.2 Å². The van der Waals surface area contributed by atoms with Crippen LogP contribution in [0.25, 0.3) is 0 Å². The fourth-order valence-corrected chi connectivity index (χ4v) is 3.51. The number of benzene rings is 1. The molecule has 7 heteroatoms. The quantitative estimate of drug-likeness (QED) is 0.869. The van der Waals surface area contributed by atoms with E-state index in [4.69, 9.17) is 0 Å². The van der Waals surface area contributed by atoms with Crippen LogP contribution < -0.4 is 4.72 Å². The molecule has 1 heterocycles. The van der Waals surface area contributed by atoms with Crippen LogP contribution in [-0.2, 0) is 10.0 Å². The second-order valence-corrected chi connectivity index (χ2v) is 7.88. The average Bonchev–Trinajstić information content (AvgIpc) is 2.86. The number of likely N-dealkylation sites (tertiary alicyclic amines) is 1. The third-order valence-corrected chi connectivity index (χ3v) is 4.61. The van der Waals surface area contributed by atoms with Gasteiger partial charge < -0.3 is 0 Å². The lowest BCUT2D eigenvalue weighted by Crippen LogP contribution is -2.35. The molecule has 0 radical (unpaired) electrons. The molecule has 1 aromatic rings. The van der Waals surface area contributed by atoms with Crippen molar-refractivity contribution in [2.75, 3.05) is 25.9 Å². The smallest absolute Gasteiger partial charge is 0.208 e. The lowest BCUT2D eigenvalue weighted by molar-refractivity contribution is 0.219. The molecule has 1 aromatic carbocycles. The highest BCUT2D eigenvalue weighted by molar-refractivity contribution is 7.88. The van der Waals surface area contributed by atoms with Crippen LogP contribution in [0, 0.1) is 17.6 Å². The molecular weight excluding hydrogens is 310 g/mol. The zero-order valence-electron chi connectivity index (χ0n) is 12.9. The summed E-state index contributed by atoms with van der Waals surface area (Å²) in [5.41, 5.74) is 0.390. The van der Waals surface area contributed by atoms with E-state index in [0.717, 1.165) is 37.8 Å². The zero-order chi connectivity index (χ0) is 16.3. The van der Waals surface area contributed by atoms with Crippen LogP contribution in [0.2, 0.25) is 0 Å². The molecule has 4 nitrogen and oxygen atoms in total. The first-order valence-corrected chi connectivity index (χ1v) is 9.29. The molecule has 124 valence electrons. The molecule has 1 aliphatic heterocycles. The van der Waals surface area contributed by atoms with Gasteiger partial charge in [-0.05, 0) is 43.5 Å². The molecule has 0 bridgehead atoms. The normalized spacial score (nSPS) is 21.2. The van der Waals surface area contributed by atoms with E-state index in [1.54, 1.807) is 0 Å². The van der Waals surface area contributed by atoms with Crippen LogP contribution in [-0.4, -0.2) is 39.2 Å². The maximum Gasteiger partial charge on any atom is 0.208 e. The molecule has 2 rings (SSSR count). The summed E-state index contributed by atoms with van der Waals surface area (Å²) in [7, 11) is -3.21. The fourth-order valence-electron chi connectivity index (χ4n) is 2.93. The molecule has 1 aliphatic rings. The Morgan fingerprint density at radius 3 is 2.82 bits per heavy atom. The summed E-state index contributed by atoms with van der Waals surface area (Å²) in [4.78, 5) is 2.10. The second-order valence-electron chi connectivity index (χ2n) is 6.04. The Balaban J connectivity index is 2.03. The highest BCUT2D eigenvalue weighted by Gasteiger charge is 2.29. The molecule has 0 spiro atoms. The maximum absolute atomic E-state index is 14.0. The lowest BCUT2D eigenvalue weighted by atomic mass is 10.0. The second kappa shape index (κ2) is 7.02. The van der Waals surface area contributed by atoms with Gasteiger partial charge in [0, 0.05) is 24.7 Å². The number of halogens is 2. The van der Waals surface area contributed by atoms with Gasteiger partial charge in [0.05, 0.1) is 6.26 Å². The zero-order valence-corrected chi connectivity index (χ0v) is 13.7. The summed E-state index contributed by atoms with van der Waals surface area (Å²) in [5, 5.41) is 0. The van der Waals surface area contributed by atoms with Crippen molar-refractivity contribution >= 4 is 10.0 Å². The molecular formula is C15H22F2N2O2S. The Labute approximate surface area is 130 Å². The van der Waals surface area contributed by atoms with Crippen molar-refractivity contribution in [3.8, 4) is 0 Å². The predicted molar refractivity (Wildman–Crippen MR) is 81.9 cm³/mol. The SMILES string of the molecule is CC(CNS(C)(=O)=O)CN1CCC[C@@H]1c1cc(F)ccc1F. The van der Waals surface area contributed by atoms with Crippen LogP contribution >= 0.6 is 0 Å². The Morgan fingerprint density at radius 1 is 1.41 bits per heavy atom. The van der Waals surface area contributed by atoms with Crippen LogP contribution in [0.15, 0.2) is 18.2 Å². The summed E-state index contributed by atoms with van der Waals surface area (Å²) in [6, 6.07) is 3.40. The first-order valence-electron chi connectivity index (χ1n) is 7.40. The van der Waals surface area contributed by atoms with Gasteiger partial charge in [-0.1, -0.05) is 6.92 Å². The van der Waals surface area contributed by atoms with E-state index >= 15 is 0 Å². The predicted octanol–water partition coefficient (Wildman–Crippen LogP) is 2.29. The molecule has 2 atom stereocenters. The molecule has 0 aliphatic carbocycles. The van der Waals surface area contributed by atoms with Gasteiger partial charge in [0.25, 0.3) is 0 Å². The third-order valence-electron chi connectivity index (χ3n) is 3.92. The highest BCUT2D eigenvalue weighted by Crippen LogP contribution is 2.34. The average molecular weight is 332 g/mol. The molecule has 1 unspecified atom stereocenters. The van der Waals surface area contributed by atoms with Gasteiger partial charge in [-0.25, -0.2) is 21.9 Å². The lowest BCUT2D eigenvalue weighted by Gasteiger charge is -2.28. The van der Waals surface area contributed by atoms with Crippen molar-refractivity contribution in [2.45, 2.75) is 25.8 Å². The number of nitrogens with zero attached hydrogens (tertiary/aromatic N) is 1. The van der Waals surface area contributed by atoms with Crippen LogP contribution in [0.1, 0.15) is 31.4 Å². The minimum Gasteiger partial charge on any atom is -0.296 e. The van der Waals surface area contributed by atoms with Gasteiger partial charge in [-0.3, -0.25) is 4.90 Å². The van der Waals surface area contributed by atoms with Gasteiger partial charge in [-0.15, -0.1) is 0 Å². The van der Waals surface area contributed by atoms with Crippen molar-refractivity contribution in [3.05, 3.63) is 35.4 Å². The molecule has 0 amide bonds. The summed E-state index contributed by atoms with van der Waals surface area (Å²) in [6.45, 7) is 3.73. The first kappa shape index (κ1) is 17.3. The largest absolute Gasteiger partial charge is 0.296 e. The van der Waals surface area contributed by atoms with Crippen molar-refractivity contribution in [2.24, 2.45) is 5.92 Å². The standard InChI is InChI=1S/C15H22F2N2O2S/c1-11(9-18-22(2,20)21)10-19-7-3-4-15(19)13-8-12(16)5-6-14(13)17/h5-6,8,11,15,18H,3-4,7,9-10H2,1-2H3/t11?,15-/m1/s1. The Bertz CT molecular complexity index is 622. The Kier molecular flexibility index (Phi) is 5.52. The van der Waals surface area contributed by atoms with E-state index in [1.807, 2.05) is 6.92 Å². The van der Waals surface area contributed by atoms with Crippen molar-refractivity contribution in [3.63, 3.8) is 0 Å². The Morgan fingerprint density at radius 2 is 2.14 bits per heavy atom. The van der Waals surface area contributed by atoms with Crippen molar-refractivity contribution in [1.29, 1.82) is 0 Å². The number of rotatable bonds is 6. The van der Waals surface area contributed by atoms with Gasteiger partial charge in [-0.2, -0.15) is 0 Å². The van der Waals surface area contributed by atoms with E-state index in [2.05, 4.69) is 9.62 Å². The summed E-state index contributed by atoms with van der Waals surface area (Å²) in [6.07, 6.45) is 2.83. The van der Waals surface area contributed by atoms with E-state index < -0.39 is 15.8 Å². The summed E-state index contributed by atoms with van der Waals surface area (Å²) >= 11 is 0. The first-order chi connectivity index (χ1) is 10.3.